The van der Waals surface area contributed by atoms with Crippen LogP contribution in [-0.2, 0) is 4.74 Å². The highest BCUT2D eigenvalue weighted by Crippen LogP contribution is 2.37. The highest BCUT2D eigenvalue weighted by molar-refractivity contribution is 7.15. The van der Waals surface area contributed by atoms with Gasteiger partial charge in [0.15, 0.2) is 11.5 Å². The van der Waals surface area contributed by atoms with Crippen LogP contribution in [-0.4, -0.2) is 32.2 Å². The van der Waals surface area contributed by atoms with E-state index in [2.05, 4.69) is 10.1 Å². The number of halogens is 2. The number of hydrogen-bond acceptors (Lipinski definition) is 7. The van der Waals surface area contributed by atoms with Crippen molar-refractivity contribution in [3.8, 4) is 22.8 Å². The Hall–Kier alpha value is -3.40. The third-order valence-electron chi connectivity index (χ3n) is 3.93. The molecule has 3 aromatic rings. The molecule has 10 heteroatoms. The average molecular weight is 437 g/mol. The van der Waals surface area contributed by atoms with Crippen LogP contribution in [0.4, 0.5) is 13.8 Å². The van der Waals surface area contributed by atoms with E-state index in [1.807, 2.05) is 0 Å². The number of methoxy groups -OCH3 is 1. The van der Waals surface area contributed by atoms with Crippen LogP contribution in [0, 0.1) is 0 Å². The summed E-state index contributed by atoms with van der Waals surface area (Å²) in [6.07, 6.45) is 1.47. The van der Waals surface area contributed by atoms with Crippen LogP contribution in [0.25, 0.3) is 11.3 Å². The van der Waals surface area contributed by atoms with Crippen molar-refractivity contribution < 1.29 is 37.0 Å². The van der Waals surface area contributed by atoms with Gasteiger partial charge < -0.3 is 23.9 Å². The second-order valence-corrected chi connectivity index (χ2v) is 6.63. The predicted octanol–water partition coefficient (Wildman–Crippen LogP) is 5.05. The van der Waals surface area contributed by atoms with Gasteiger partial charge >= 0.3 is 12.6 Å². The fourth-order valence-corrected chi connectivity index (χ4v) is 3.58. The maximum absolute atomic E-state index is 12.7. The lowest BCUT2D eigenvalue weighted by molar-refractivity contribution is -0.0512. The standard InChI is InChI=1S/C20H17F2NO6S/c1-3-27-19(25)16-12(13-5-4-8-28-13)10-30-18(16)23-17(24)11-6-7-14(29-20(21)22)15(9-11)26-2/h4-10,20H,3H2,1-2H3,(H,23,24). The number of carbonyl (C=O) groups is 2. The van der Waals surface area contributed by atoms with E-state index in [4.69, 9.17) is 13.9 Å². The molecule has 0 saturated carbocycles. The number of esters is 1. The molecule has 0 unspecified atom stereocenters. The summed E-state index contributed by atoms with van der Waals surface area (Å²) in [7, 11) is 1.27. The molecule has 1 aromatic carbocycles. The van der Waals surface area contributed by atoms with E-state index >= 15 is 0 Å². The molecule has 1 amide bonds. The van der Waals surface area contributed by atoms with Crippen LogP contribution in [0.2, 0.25) is 0 Å². The number of benzene rings is 1. The average Bonchev–Trinajstić information content (AvgIpc) is 3.37. The van der Waals surface area contributed by atoms with E-state index < -0.39 is 18.5 Å². The van der Waals surface area contributed by atoms with Crippen molar-refractivity contribution in [1.82, 2.24) is 0 Å². The molecular formula is C20H17F2NO6S. The Morgan fingerprint density at radius 2 is 2.03 bits per heavy atom. The van der Waals surface area contributed by atoms with Gasteiger partial charge in [-0.15, -0.1) is 11.3 Å². The van der Waals surface area contributed by atoms with Gasteiger partial charge in [-0.25, -0.2) is 4.79 Å². The first-order valence-electron chi connectivity index (χ1n) is 8.71. The van der Waals surface area contributed by atoms with Gasteiger partial charge in [0.25, 0.3) is 5.91 Å². The van der Waals surface area contributed by atoms with Crippen molar-refractivity contribution in [3.63, 3.8) is 0 Å². The Morgan fingerprint density at radius 1 is 1.23 bits per heavy atom. The molecule has 0 aliphatic rings. The highest BCUT2D eigenvalue weighted by Gasteiger charge is 2.25. The van der Waals surface area contributed by atoms with Crippen molar-refractivity contribution in [2.45, 2.75) is 13.5 Å². The van der Waals surface area contributed by atoms with Crippen molar-refractivity contribution in [3.05, 3.63) is 53.1 Å². The molecule has 158 valence electrons. The number of anilines is 1. The van der Waals surface area contributed by atoms with Gasteiger partial charge in [-0.3, -0.25) is 4.79 Å². The summed E-state index contributed by atoms with van der Waals surface area (Å²) in [4.78, 5) is 25.2. The normalized spacial score (nSPS) is 10.7. The molecular weight excluding hydrogens is 420 g/mol. The summed E-state index contributed by atoms with van der Waals surface area (Å²) >= 11 is 1.13. The molecule has 0 radical (unpaired) electrons. The van der Waals surface area contributed by atoms with Crippen LogP contribution in [0.3, 0.4) is 0 Å². The van der Waals surface area contributed by atoms with Crippen molar-refractivity contribution in [2.75, 3.05) is 19.0 Å². The largest absolute Gasteiger partial charge is 0.493 e. The van der Waals surface area contributed by atoms with Crippen molar-refractivity contribution in [2.24, 2.45) is 0 Å². The number of nitrogens with one attached hydrogen (secondary N) is 1. The zero-order chi connectivity index (χ0) is 21.7. The fraction of sp³-hybridized carbons (Fsp3) is 0.200. The van der Waals surface area contributed by atoms with Gasteiger partial charge in [0.2, 0.25) is 0 Å². The second-order valence-electron chi connectivity index (χ2n) is 5.75. The molecule has 0 aliphatic carbocycles. The zero-order valence-corrected chi connectivity index (χ0v) is 16.8. The molecule has 0 spiro atoms. The molecule has 3 rings (SSSR count). The Balaban J connectivity index is 1.90. The molecule has 0 aliphatic heterocycles. The minimum absolute atomic E-state index is 0.0315. The monoisotopic (exact) mass is 437 g/mol. The van der Waals surface area contributed by atoms with Gasteiger partial charge in [0, 0.05) is 16.5 Å². The number of furan rings is 1. The summed E-state index contributed by atoms with van der Waals surface area (Å²) in [5, 5.41) is 4.58. The Kier molecular flexibility index (Phi) is 6.68. The van der Waals surface area contributed by atoms with Crippen LogP contribution in [0.5, 0.6) is 11.5 Å². The molecule has 2 heterocycles. The lowest BCUT2D eigenvalue weighted by Gasteiger charge is -2.12. The Labute approximate surface area is 174 Å². The minimum Gasteiger partial charge on any atom is -0.493 e. The summed E-state index contributed by atoms with van der Waals surface area (Å²) in [5.41, 5.74) is 0.767. The lowest BCUT2D eigenvalue weighted by atomic mass is 10.1. The number of rotatable bonds is 8. The third-order valence-corrected chi connectivity index (χ3v) is 4.82. The number of ether oxygens (including phenoxy) is 3. The highest BCUT2D eigenvalue weighted by atomic mass is 32.1. The number of carbonyl (C=O) groups excluding carboxylic acids is 2. The van der Waals surface area contributed by atoms with Crippen molar-refractivity contribution in [1.29, 1.82) is 0 Å². The van der Waals surface area contributed by atoms with Crippen LogP contribution in [0.15, 0.2) is 46.4 Å². The van der Waals surface area contributed by atoms with Gasteiger partial charge in [-0.2, -0.15) is 8.78 Å². The number of hydrogen-bond donors (Lipinski definition) is 1. The SMILES string of the molecule is CCOC(=O)c1c(-c2ccco2)csc1NC(=O)c1ccc(OC(F)F)c(OC)c1. The summed E-state index contributed by atoms with van der Waals surface area (Å²) in [6, 6.07) is 7.13. The topological polar surface area (TPSA) is 87.0 Å². The van der Waals surface area contributed by atoms with E-state index in [1.54, 1.807) is 24.4 Å². The smallest absolute Gasteiger partial charge is 0.387 e. The van der Waals surface area contributed by atoms with Gasteiger partial charge in [0.05, 0.1) is 20.0 Å². The molecule has 0 bridgehead atoms. The maximum atomic E-state index is 12.7. The Morgan fingerprint density at radius 3 is 2.67 bits per heavy atom. The second kappa shape index (κ2) is 9.40. The van der Waals surface area contributed by atoms with E-state index in [-0.39, 0.29) is 34.2 Å². The first-order chi connectivity index (χ1) is 14.4. The molecule has 0 fully saturated rings. The molecule has 0 atom stereocenters. The van der Waals surface area contributed by atoms with Crippen LogP contribution >= 0.6 is 11.3 Å². The number of thiophene rings is 1. The van der Waals surface area contributed by atoms with Gasteiger partial charge in [0.1, 0.15) is 16.3 Å². The predicted molar refractivity (Wildman–Crippen MR) is 106 cm³/mol. The van der Waals surface area contributed by atoms with Gasteiger partial charge in [-0.1, -0.05) is 0 Å². The Bertz CT molecular complexity index is 1030. The molecule has 30 heavy (non-hydrogen) atoms. The molecule has 2 aromatic heterocycles. The van der Waals surface area contributed by atoms with Crippen LogP contribution < -0.4 is 14.8 Å². The van der Waals surface area contributed by atoms with Gasteiger partial charge in [-0.05, 0) is 37.3 Å². The minimum atomic E-state index is -3.03. The number of amides is 1. The van der Waals surface area contributed by atoms with E-state index in [0.29, 0.717) is 11.3 Å². The quantitative estimate of drug-likeness (QED) is 0.497. The fourth-order valence-electron chi connectivity index (χ4n) is 2.65. The summed E-state index contributed by atoms with van der Waals surface area (Å²) in [6.45, 7) is -1.20. The van der Waals surface area contributed by atoms with E-state index in [9.17, 15) is 18.4 Å². The molecule has 7 nitrogen and oxygen atoms in total. The van der Waals surface area contributed by atoms with Crippen molar-refractivity contribution >= 4 is 28.2 Å². The van der Waals surface area contributed by atoms with E-state index in [0.717, 1.165) is 11.3 Å². The maximum Gasteiger partial charge on any atom is 0.387 e. The van der Waals surface area contributed by atoms with E-state index in [1.165, 1.54) is 31.6 Å². The first kappa shape index (κ1) is 21.3. The summed E-state index contributed by atoms with van der Waals surface area (Å²) in [5.74, 6) is -0.970. The first-order valence-corrected chi connectivity index (χ1v) is 9.59. The summed E-state index contributed by atoms with van der Waals surface area (Å²) < 4.78 is 44.8. The molecule has 0 saturated heterocycles. The number of alkyl halides is 2. The third kappa shape index (κ3) is 4.60. The van der Waals surface area contributed by atoms with Crippen LogP contribution in [0.1, 0.15) is 27.6 Å². The molecule has 1 N–H and O–H groups in total. The zero-order valence-electron chi connectivity index (χ0n) is 15.9. The lowest BCUT2D eigenvalue weighted by Crippen LogP contribution is -2.15.